The summed E-state index contributed by atoms with van der Waals surface area (Å²) in [6, 6.07) is 0. The summed E-state index contributed by atoms with van der Waals surface area (Å²) in [5.41, 5.74) is 0. The van der Waals surface area contributed by atoms with Crippen LogP contribution in [0.3, 0.4) is 0 Å². The average molecular weight is 314 g/mol. The van der Waals surface area contributed by atoms with Gasteiger partial charge in [-0.2, -0.15) is 4.57 Å². The van der Waals surface area contributed by atoms with Crippen LogP contribution in [0.2, 0.25) is 0 Å². The van der Waals surface area contributed by atoms with E-state index in [9.17, 15) is 18.9 Å². The Bertz CT molecular complexity index is 335. The molecule has 0 spiro atoms. The van der Waals surface area contributed by atoms with E-state index in [2.05, 4.69) is 27.8 Å². The Morgan fingerprint density at radius 2 is 0.950 bits per heavy atom. The maximum Gasteiger partial charge on any atom is 0.661 e. The Morgan fingerprint density at radius 1 is 0.700 bits per heavy atom. The molecule has 116 valence electrons. The molecular formula is C9H15O10P. The van der Waals surface area contributed by atoms with E-state index >= 15 is 0 Å². The Balaban J connectivity index is 4.83. The summed E-state index contributed by atoms with van der Waals surface area (Å²) in [6.07, 6.45) is -4.36. The Labute approximate surface area is 114 Å². The van der Waals surface area contributed by atoms with Crippen molar-refractivity contribution in [1.82, 2.24) is 0 Å². The lowest BCUT2D eigenvalue weighted by Crippen LogP contribution is -2.16. The highest BCUT2D eigenvalue weighted by molar-refractivity contribution is 7.50. The number of carbonyl (C=O) groups is 3. The summed E-state index contributed by atoms with van der Waals surface area (Å²) in [5, 5.41) is 0. The maximum atomic E-state index is 11.9. The predicted molar refractivity (Wildman–Crippen MR) is 61.9 cm³/mol. The molecular weight excluding hydrogens is 299 g/mol. The van der Waals surface area contributed by atoms with Gasteiger partial charge in [0.15, 0.2) is 0 Å². The van der Waals surface area contributed by atoms with Crippen molar-refractivity contribution < 1.29 is 46.7 Å². The molecule has 0 aliphatic carbocycles. The number of ether oxygens (including phenoxy) is 3. The zero-order valence-electron chi connectivity index (χ0n) is 11.2. The minimum atomic E-state index is -4.90. The van der Waals surface area contributed by atoms with Crippen LogP contribution in [0, 0.1) is 0 Å². The highest BCUT2D eigenvalue weighted by Gasteiger charge is 2.41. The van der Waals surface area contributed by atoms with Crippen molar-refractivity contribution >= 4 is 26.3 Å². The quantitative estimate of drug-likeness (QED) is 0.410. The Kier molecular flexibility index (Phi) is 8.14. The van der Waals surface area contributed by atoms with Gasteiger partial charge in [0.1, 0.15) is 0 Å². The number of phosphoric ester groups is 1. The van der Waals surface area contributed by atoms with Crippen LogP contribution in [-0.2, 0) is 32.3 Å². The highest BCUT2D eigenvalue weighted by atomic mass is 31.2. The highest BCUT2D eigenvalue weighted by Crippen LogP contribution is 2.50. The summed E-state index contributed by atoms with van der Waals surface area (Å²) >= 11 is 0. The van der Waals surface area contributed by atoms with E-state index in [0.29, 0.717) is 0 Å². The van der Waals surface area contributed by atoms with Crippen LogP contribution < -0.4 is 0 Å². The summed E-state index contributed by atoms with van der Waals surface area (Å²) < 4.78 is 37.4. The molecule has 10 nitrogen and oxygen atoms in total. The SMILES string of the molecule is CCOC(=O)OP(=O)(OC(=O)OCC)OC(=O)OCC. The number of carbonyl (C=O) groups excluding carboxylic acids is 3. The Morgan fingerprint density at radius 3 is 1.15 bits per heavy atom. The smallest absolute Gasteiger partial charge is 0.434 e. The minimum Gasteiger partial charge on any atom is -0.434 e. The molecule has 0 unspecified atom stereocenters. The van der Waals surface area contributed by atoms with E-state index in [1.807, 2.05) is 0 Å². The van der Waals surface area contributed by atoms with Gasteiger partial charge in [0, 0.05) is 0 Å². The first-order valence-corrected chi connectivity index (χ1v) is 7.02. The molecule has 0 heterocycles. The first-order chi connectivity index (χ1) is 9.36. The van der Waals surface area contributed by atoms with Crippen LogP contribution in [0.15, 0.2) is 0 Å². The second-order valence-electron chi connectivity index (χ2n) is 2.77. The molecule has 0 aromatic carbocycles. The fourth-order valence-corrected chi connectivity index (χ4v) is 1.58. The first-order valence-electron chi connectivity index (χ1n) is 5.55. The lowest BCUT2D eigenvalue weighted by atomic mass is 10.9. The molecule has 0 radical (unpaired) electrons. The molecule has 0 N–H and O–H groups in total. The molecule has 0 amide bonds. The predicted octanol–water partition coefficient (Wildman–Crippen LogP) is 2.61. The van der Waals surface area contributed by atoms with Crippen molar-refractivity contribution in [2.24, 2.45) is 0 Å². The van der Waals surface area contributed by atoms with Gasteiger partial charge in [0.25, 0.3) is 0 Å². The van der Waals surface area contributed by atoms with Crippen molar-refractivity contribution in [3.05, 3.63) is 0 Å². The van der Waals surface area contributed by atoms with Gasteiger partial charge >= 0.3 is 26.3 Å². The molecule has 0 saturated carbocycles. The third-order valence-electron chi connectivity index (χ3n) is 1.35. The van der Waals surface area contributed by atoms with Gasteiger partial charge in [-0.3, -0.25) is 0 Å². The third kappa shape index (κ3) is 7.47. The molecule has 0 aromatic heterocycles. The van der Waals surface area contributed by atoms with Crippen LogP contribution in [0.5, 0.6) is 0 Å². The fourth-order valence-electron chi connectivity index (χ4n) is 0.762. The minimum absolute atomic E-state index is 0.0996. The molecule has 11 heteroatoms. The van der Waals surface area contributed by atoms with Crippen LogP contribution in [0.1, 0.15) is 20.8 Å². The van der Waals surface area contributed by atoms with Gasteiger partial charge in [-0.1, -0.05) is 0 Å². The maximum absolute atomic E-state index is 11.9. The largest absolute Gasteiger partial charge is 0.661 e. The van der Waals surface area contributed by atoms with Crippen molar-refractivity contribution in [3.63, 3.8) is 0 Å². The molecule has 0 aromatic rings. The van der Waals surface area contributed by atoms with Gasteiger partial charge in [0.2, 0.25) is 0 Å². The zero-order chi connectivity index (χ0) is 15.6. The molecule has 0 rings (SSSR count). The van der Waals surface area contributed by atoms with Gasteiger partial charge in [-0.25, -0.2) is 14.4 Å². The molecule has 0 aliphatic rings. The number of rotatable bonds is 6. The summed E-state index contributed by atoms with van der Waals surface area (Å²) in [6.45, 7) is 4.05. The van der Waals surface area contributed by atoms with Gasteiger partial charge in [0.05, 0.1) is 19.8 Å². The van der Waals surface area contributed by atoms with Gasteiger partial charge in [-0.15, -0.1) is 0 Å². The second kappa shape index (κ2) is 9.03. The van der Waals surface area contributed by atoms with Gasteiger partial charge < -0.3 is 27.8 Å². The fraction of sp³-hybridized carbons (Fsp3) is 0.667. The van der Waals surface area contributed by atoms with E-state index in [0.717, 1.165) is 0 Å². The van der Waals surface area contributed by atoms with Gasteiger partial charge in [-0.05, 0) is 20.8 Å². The molecule has 0 fully saturated rings. The summed E-state index contributed by atoms with van der Waals surface area (Å²) in [5.74, 6) is 0. The van der Waals surface area contributed by atoms with Crippen molar-refractivity contribution in [3.8, 4) is 0 Å². The van der Waals surface area contributed by atoms with E-state index in [-0.39, 0.29) is 19.8 Å². The van der Waals surface area contributed by atoms with Crippen LogP contribution in [-0.4, -0.2) is 38.3 Å². The third-order valence-corrected chi connectivity index (χ3v) is 2.46. The van der Waals surface area contributed by atoms with Crippen molar-refractivity contribution in [2.45, 2.75) is 20.8 Å². The van der Waals surface area contributed by atoms with Crippen molar-refractivity contribution in [1.29, 1.82) is 0 Å². The molecule has 0 atom stereocenters. The summed E-state index contributed by atoms with van der Waals surface area (Å²) in [7, 11) is -4.90. The Hall–Kier alpha value is -1.96. The second-order valence-corrected chi connectivity index (χ2v) is 4.21. The standard InChI is InChI=1S/C9H15O10P/c1-4-14-7(10)17-20(13,18-8(11)15-5-2)19-9(12)16-6-3/h4-6H2,1-3H3. The number of phosphoric acid groups is 1. The van der Waals surface area contributed by atoms with E-state index < -0.39 is 26.3 Å². The van der Waals surface area contributed by atoms with Crippen LogP contribution in [0.4, 0.5) is 14.4 Å². The molecule has 0 aliphatic heterocycles. The zero-order valence-corrected chi connectivity index (χ0v) is 12.0. The normalized spacial score (nSPS) is 10.2. The van der Waals surface area contributed by atoms with Crippen LogP contribution >= 0.6 is 7.82 Å². The number of hydrogen-bond acceptors (Lipinski definition) is 10. The molecule has 0 bridgehead atoms. The first kappa shape index (κ1) is 18.0. The topological polar surface area (TPSA) is 124 Å². The number of hydrogen-bond donors (Lipinski definition) is 0. The average Bonchev–Trinajstić information content (AvgIpc) is 2.28. The van der Waals surface area contributed by atoms with E-state index in [4.69, 9.17) is 0 Å². The van der Waals surface area contributed by atoms with E-state index in [1.165, 1.54) is 20.8 Å². The van der Waals surface area contributed by atoms with E-state index in [1.54, 1.807) is 0 Å². The van der Waals surface area contributed by atoms with Crippen LogP contribution in [0.25, 0.3) is 0 Å². The monoisotopic (exact) mass is 314 g/mol. The summed E-state index contributed by atoms with van der Waals surface area (Å²) in [4.78, 5) is 33.2. The molecule has 0 saturated heterocycles. The molecule has 20 heavy (non-hydrogen) atoms. The lowest BCUT2D eigenvalue weighted by Gasteiger charge is -2.14. The lowest BCUT2D eigenvalue weighted by molar-refractivity contribution is 0.0520. The van der Waals surface area contributed by atoms with Crippen molar-refractivity contribution in [2.75, 3.05) is 19.8 Å².